The molecule has 0 saturated carbocycles. The second-order valence-corrected chi connectivity index (χ2v) is 9.33. The molecule has 172 valence electrons. The van der Waals surface area contributed by atoms with Crippen LogP contribution in [-0.4, -0.2) is 76.3 Å². The summed E-state index contributed by atoms with van der Waals surface area (Å²) in [5.74, 6) is 1.06. The van der Waals surface area contributed by atoms with Crippen LogP contribution in [0.1, 0.15) is 0 Å². The first-order valence-corrected chi connectivity index (χ1v) is 11.7. The van der Waals surface area contributed by atoms with Crippen molar-refractivity contribution in [3.8, 4) is 5.75 Å². The average Bonchev–Trinajstić information content (AvgIpc) is 2.79. The Bertz CT molecular complexity index is 997. The van der Waals surface area contributed by atoms with Gasteiger partial charge in [-0.15, -0.1) is 12.6 Å². The maximum Gasteiger partial charge on any atom is 0.445 e. The Morgan fingerprint density at radius 2 is 1.50 bits per heavy atom. The molecular formula is C20H24N4O5S3. The van der Waals surface area contributed by atoms with Crippen molar-refractivity contribution in [2.24, 2.45) is 5.16 Å². The molecule has 0 fully saturated rings. The SMILES string of the molecule is CN(C)C(=O)C(S)=NOC(=O)N(C)SCCSN(C)C(=O)Oc1cccc2ccccc12. The average molecular weight is 497 g/mol. The van der Waals surface area contributed by atoms with Crippen LogP contribution in [0.15, 0.2) is 47.6 Å². The molecule has 2 aromatic rings. The number of fused-ring (bicyclic) bond motifs is 1. The van der Waals surface area contributed by atoms with Crippen LogP contribution in [0.25, 0.3) is 10.8 Å². The lowest BCUT2D eigenvalue weighted by Crippen LogP contribution is -2.28. The molecule has 32 heavy (non-hydrogen) atoms. The van der Waals surface area contributed by atoms with Crippen molar-refractivity contribution in [2.45, 2.75) is 0 Å². The van der Waals surface area contributed by atoms with Crippen molar-refractivity contribution in [1.82, 2.24) is 13.5 Å². The Morgan fingerprint density at radius 3 is 2.16 bits per heavy atom. The molecular weight excluding hydrogens is 472 g/mol. The van der Waals surface area contributed by atoms with Crippen LogP contribution in [0.5, 0.6) is 5.75 Å². The minimum Gasteiger partial charge on any atom is -0.409 e. The lowest BCUT2D eigenvalue weighted by molar-refractivity contribution is -0.121. The monoisotopic (exact) mass is 496 g/mol. The molecule has 0 saturated heterocycles. The molecule has 12 heteroatoms. The number of nitrogens with zero attached hydrogens (tertiary/aromatic N) is 4. The van der Waals surface area contributed by atoms with E-state index < -0.39 is 18.1 Å². The fourth-order valence-electron chi connectivity index (χ4n) is 2.28. The minimum atomic E-state index is -0.748. The summed E-state index contributed by atoms with van der Waals surface area (Å²) in [4.78, 5) is 41.8. The summed E-state index contributed by atoms with van der Waals surface area (Å²) in [6.07, 6.45) is -1.24. The fourth-order valence-corrected chi connectivity index (χ4v) is 3.94. The zero-order valence-corrected chi connectivity index (χ0v) is 20.6. The molecule has 0 radical (unpaired) electrons. The van der Waals surface area contributed by atoms with Crippen molar-refractivity contribution in [3.05, 3.63) is 42.5 Å². The molecule has 2 rings (SSSR count). The predicted octanol–water partition coefficient (Wildman–Crippen LogP) is 3.97. The highest BCUT2D eigenvalue weighted by Crippen LogP contribution is 2.26. The molecule has 0 aliphatic carbocycles. The van der Waals surface area contributed by atoms with Gasteiger partial charge in [-0.1, -0.05) is 41.6 Å². The largest absolute Gasteiger partial charge is 0.445 e. The number of benzene rings is 2. The van der Waals surface area contributed by atoms with E-state index in [1.54, 1.807) is 13.1 Å². The van der Waals surface area contributed by atoms with E-state index in [4.69, 9.17) is 9.57 Å². The van der Waals surface area contributed by atoms with Crippen molar-refractivity contribution in [1.29, 1.82) is 0 Å². The van der Waals surface area contributed by atoms with E-state index >= 15 is 0 Å². The summed E-state index contributed by atoms with van der Waals surface area (Å²) in [6, 6.07) is 13.2. The zero-order chi connectivity index (χ0) is 23.7. The molecule has 9 nitrogen and oxygen atoms in total. The minimum absolute atomic E-state index is 0.233. The number of carbonyl (C=O) groups is 3. The third-order valence-electron chi connectivity index (χ3n) is 3.92. The first-order valence-electron chi connectivity index (χ1n) is 9.33. The number of rotatable bonds is 8. The molecule has 3 amide bonds. The molecule has 2 aromatic carbocycles. The van der Waals surface area contributed by atoms with Gasteiger partial charge >= 0.3 is 12.2 Å². The van der Waals surface area contributed by atoms with Gasteiger partial charge in [-0.25, -0.2) is 9.59 Å². The Balaban J connectivity index is 1.74. The summed E-state index contributed by atoms with van der Waals surface area (Å²) in [5.41, 5.74) is 0. The Morgan fingerprint density at radius 1 is 0.906 bits per heavy atom. The molecule has 0 N–H and O–H groups in total. The van der Waals surface area contributed by atoms with Crippen molar-refractivity contribution >= 4 is 70.4 Å². The molecule has 0 aliphatic heterocycles. The maximum atomic E-state index is 12.4. The highest BCUT2D eigenvalue weighted by atomic mass is 32.2. The third-order valence-corrected chi connectivity index (χ3v) is 6.30. The molecule has 0 aliphatic rings. The van der Waals surface area contributed by atoms with E-state index in [0.29, 0.717) is 17.3 Å². The predicted molar refractivity (Wildman–Crippen MR) is 132 cm³/mol. The number of thiol groups is 1. The van der Waals surface area contributed by atoms with Gasteiger partial charge < -0.3 is 9.64 Å². The topological polar surface area (TPSA) is 91.8 Å². The van der Waals surface area contributed by atoms with Gasteiger partial charge in [0, 0.05) is 45.1 Å². The van der Waals surface area contributed by atoms with Gasteiger partial charge in [0.1, 0.15) is 5.75 Å². The molecule has 0 unspecified atom stereocenters. The van der Waals surface area contributed by atoms with Gasteiger partial charge in [0.2, 0.25) is 0 Å². The normalized spacial score (nSPS) is 11.1. The van der Waals surface area contributed by atoms with Crippen molar-refractivity contribution < 1.29 is 24.0 Å². The van der Waals surface area contributed by atoms with E-state index in [9.17, 15) is 14.4 Å². The van der Waals surface area contributed by atoms with E-state index in [1.807, 2.05) is 36.4 Å². The van der Waals surface area contributed by atoms with E-state index in [-0.39, 0.29) is 5.04 Å². The van der Waals surface area contributed by atoms with Gasteiger partial charge in [-0.3, -0.25) is 18.2 Å². The zero-order valence-electron chi connectivity index (χ0n) is 18.0. The highest BCUT2D eigenvalue weighted by Gasteiger charge is 2.16. The lowest BCUT2D eigenvalue weighted by Gasteiger charge is -2.17. The number of oxime groups is 1. The van der Waals surface area contributed by atoms with Gasteiger partial charge in [-0.2, -0.15) is 0 Å². The molecule has 0 spiro atoms. The lowest BCUT2D eigenvalue weighted by atomic mass is 10.1. The first-order chi connectivity index (χ1) is 15.2. The van der Waals surface area contributed by atoms with Crippen LogP contribution < -0.4 is 4.74 Å². The van der Waals surface area contributed by atoms with Crippen LogP contribution in [-0.2, 0) is 9.63 Å². The van der Waals surface area contributed by atoms with Crippen LogP contribution in [0.4, 0.5) is 9.59 Å². The first kappa shape index (κ1) is 25.7. The third kappa shape index (κ3) is 7.53. The standard InChI is InChI=1S/C20H24N4O5S3/c1-22(2)18(25)17(30)21-29-20(27)24(4)32-13-12-31-23(3)19(26)28-16-11-7-9-14-8-5-6-10-15(14)16/h5-11H,12-13H2,1-4H3,(H,21,30). The van der Waals surface area contributed by atoms with Crippen molar-refractivity contribution in [2.75, 3.05) is 39.7 Å². The van der Waals surface area contributed by atoms with Crippen LogP contribution in [0.3, 0.4) is 0 Å². The van der Waals surface area contributed by atoms with Gasteiger partial charge in [-0.05, 0) is 35.3 Å². The van der Waals surface area contributed by atoms with E-state index in [0.717, 1.165) is 10.8 Å². The van der Waals surface area contributed by atoms with Crippen LogP contribution in [0.2, 0.25) is 0 Å². The molecule has 0 bridgehead atoms. The summed E-state index contributed by atoms with van der Waals surface area (Å²) in [7, 11) is 6.19. The number of carbonyl (C=O) groups excluding carboxylic acids is 3. The molecule has 0 heterocycles. The number of ether oxygens (including phenoxy) is 1. The summed E-state index contributed by atoms with van der Waals surface area (Å²) >= 11 is 6.33. The van der Waals surface area contributed by atoms with Gasteiger partial charge in [0.15, 0.2) is 5.04 Å². The number of hydrogen-bond donors (Lipinski definition) is 1. The van der Waals surface area contributed by atoms with E-state index in [1.165, 1.54) is 58.5 Å². The Hall–Kier alpha value is -2.57. The summed E-state index contributed by atoms with van der Waals surface area (Å²) in [5, 5.41) is 5.03. The summed E-state index contributed by atoms with van der Waals surface area (Å²) < 4.78 is 8.15. The number of hydrogen-bond acceptors (Lipinski definition) is 8. The van der Waals surface area contributed by atoms with E-state index in [2.05, 4.69) is 17.8 Å². The second kappa shape index (κ2) is 12.5. The Labute approximate surface area is 200 Å². The molecule has 0 atom stereocenters. The van der Waals surface area contributed by atoms with Crippen LogP contribution >= 0.6 is 36.5 Å². The van der Waals surface area contributed by atoms with Crippen molar-refractivity contribution in [3.63, 3.8) is 0 Å². The second-order valence-electron chi connectivity index (χ2n) is 6.48. The van der Waals surface area contributed by atoms with Crippen LogP contribution in [0, 0.1) is 0 Å². The van der Waals surface area contributed by atoms with Gasteiger partial charge in [0.25, 0.3) is 5.91 Å². The summed E-state index contributed by atoms with van der Waals surface area (Å²) in [6.45, 7) is 0. The quantitative estimate of drug-likeness (QED) is 0.112. The maximum absolute atomic E-state index is 12.4. The smallest absolute Gasteiger partial charge is 0.409 e. The molecule has 0 aromatic heterocycles. The Kier molecular flexibility index (Phi) is 10.0. The number of amides is 3. The fraction of sp³-hybridized carbons (Fsp3) is 0.300. The highest BCUT2D eigenvalue weighted by molar-refractivity contribution is 8.01. The van der Waals surface area contributed by atoms with Gasteiger partial charge in [0.05, 0.1) is 0 Å².